The van der Waals surface area contributed by atoms with Gasteiger partial charge in [-0.2, -0.15) is 0 Å². The Balaban J connectivity index is 2.11. The topological polar surface area (TPSA) is 54.3 Å². The Kier molecular flexibility index (Phi) is 4.36. The van der Waals surface area contributed by atoms with E-state index in [1.165, 1.54) is 0 Å². The van der Waals surface area contributed by atoms with Crippen LogP contribution in [-0.4, -0.2) is 28.2 Å². The van der Waals surface area contributed by atoms with Crippen LogP contribution in [0.3, 0.4) is 0 Å². The summed E-state index contributed by atoms with van der Waals surface area (Å²) < 4.78 is 1.90. The van der Waals surface area contributed by atoms with Crippen molar-refractivity contribution in [2.45, 2.75) is 19.5 Å². The third-order valence-corrected chi connectivity index (χ3v) is 2.91. The van der Waals surface area contributed by atoms with Gasteiger partial charge in [0.15, 0.2) is 0 Å². The van der Waals surface area contributed by atoms with Gasteiger partial charge in [0.1, 0.15) is 5.69 Å². The van der Waals surface area contributed by atoms with Crippen LogP contribution in [0.1, 0.15) is 23.0 Å². The molecule has 0 fully saturated rings. The van der Waals surface area contributed by atoms with E-state index >= 15 is 0 Å². The van der Waals surface area contributed by atoms with Gasteiger partial charge in [0, 0.05) is 18.8 Å². The minimum Gasteiger partial charge on any atom is -0.394 e. The van der Waals surface area contributed by atoms with Crippen molar-refractivity contribution in [3.63, 3.8) is 0 Å². The first-order valence-electron chi connectivity index (χ1n) is 6.31. The lowest BCUT2D eigenvalue weighted by molar-refractivity contribution is 0.0913. The highest BCUT2D eigenvalue weighted by Crippen LogP contribution is 2.08. The lowest BCUT2D eigenvalue weighted by Gasteiger charge is -2.13. The smallest absolute Gasteiger partial charge is 0.268 e. The quantitative estimate of drug-likeness (QED) is 0.856. The number of hydrogen-bond acceptors (Lipinski definition) is 2. The molecule has 2 N–H and O–H groups in total. The van der Waals surface area contributed by atoms with Gasteiger partial charge in [0.2, 0.25) is 0 Å². The second kappa shape index (κ2) is 6.20. The summed E-state index contributed by atoms with van der Waals surface area (Å²) in [5, 5.41) is 11.7. The normalized spacial score (nSPS) is 12.1. The van der Waals surface area contributed by atoms with Gasteiger partial charge in [-0.15, -0.1) is 0 Å². The molecule has 0 aliphatic carbocycles. The molecule has 0 spiro atoms. The van der Waals surface area contributed by atoms with E-state index in [1.807, 2.05) is 47.2 Å². The number of benzene rings is 1. The lowest BCUT2D eigenvalue weighted by Crippen LogP contribution is -2.36. The van der Waals surface area contributed by atoms with Crippen molar-refractivity contribution in [3.8, 4) is 0 Å². The maximum absolute atomic E-state index is 12.0. The number of aliphatic hydroxyl groups excluding tert-OH is 1. The summed E-state index contributed by atoms with van der Waals surface area (Å²) in [6, 6.07) is 13.4. The van der Waals surface area contributed by atoms with E-state index < -0.39 is 0 Å². The molecule has 1 atom stereocenters. The van der Waals surface area contributed by atoms with E-state index in [2.05, 4.69) is 5.32 Å². The summed E-state index contributed by atoms with van der Waals surface area (Å²) in [6.07, 6.45) is 1.88. The second-order valence-electron chi connectivity index (χ2n) is 4.56. The van der Waals surface area contributed by atoms with Crippen LogP contribution in [0.4, 0.5) is 0 Å². The van der Waals surface area contributed by atoms with Gasteiger partial charge in [-0.25, -0.2) is 0 Å². The molecule has 1 aromatic heterocycles. The van der Waals surface area contributed by atoms with E-state index in [-0.39, 0.29) is 18.6 Å². The molecule has 0 unspecified atom stereocenters. The van der Waals surface area contributed by atoms with Crippen LogP contribution < -0.4 is 5.32 Å². The molecule has 1 amide bonds. The van der Waals surface area contributed by atoms with Gasteiger partial charge < -0.3 is 15.0 Å². The fourth-order valence-electron chi connectivity index (χ4n) is 1.88. The molecule has 2 rings (SSSR count). The highest BCUT2D eigenvalue weighted by Gasteiger charge is 2.12. The molecular weight excluding hydrogens is 240 g/mol. The third-order valence-electron chi connectivity index (χ3n) is 2.91. The van der Waals surface area contributed by atoms with Gasteiger partial charge in [-0.3, -0.25) is 4.79 Å². The number of aromatic nitrogens is 1. The van der Waals surface area contributed by atoms with Crippen LogP contribution in [0.25, 0.3) is 0 Å². The maximum atomic E-state index is 12.0. The summed E-state index contributed by atoms with van der Waals surface area (Å²) in [7, 11) is 0. The van der Waals surface area contributed by atoms with Gasteiger partial charge >= 0.3 is 0 Å². The average molecular weight is 258 g/mol. The number of nitrogens with one attached hydrogen (secondary N) is 1. The Morgan fingerprint density at radius 3 is 2.68 bits per heavy atom. The van der Waals surface area contributed by atoms with E-state index in [4.69, 9.17) is 5.11 Å². The van der Waals surface area contributed by atoms with Gasteiger partial charge in [-0.05, 0) is 24.6 Å². The minimum absolute atomic E-state index is 0.0644. The van der Waals surface area contributed by atoms with Crippen molar-refractivity contribution in [2.24, 2.45) is 0 Å². The molecule has 0 radical (unpaired) electrons. The molecule has 0 aliphatic rings. The van der Waals surface area contributed by atoms with Crippen molar-refractivity contribution < 1.29 is 9.90 Å². The zero-order valence-electron chi connectivity index (χ0n) is 10.9. The third kappa shape index (κ3) is 3.45. The zero-order valence-corrected chi connectivity index (χ0v) is 10.9. The average Bonchev–Trinajstić information content (AvgIpc) is 2.88. The summed E-state index contributed by atoms with van der Waals surface area (Å²) in [4.78, 5) is 12.0. The maximum Gasteiger partial charge on any atom is 0.268 e. The number of carbonyl (C=O) groups excluding carboxylic acids is 1. The van der Waals surface area contributed by atoms with E-state index in [0.29, 0.717) is 12.2 Å². The first-order chi connectivity index (χ1) is 9.20. The number of carbonyl (C=O) groups is 1. The predicted molar refractivity (Wildman–Crippen MR) is 74.0 cm³/mol. The van der Waals surface area contributed by atoms with E-state index in [9.17, 15) is 4.79 Å². The van der Waals surface area contributed by atoms with Gasteiger partial charge in [0.25, 0.3) is 5.91 Å². The van der Waals surface area contributed by atoms with Crippen molar-refractivity contribution in [1.82, 2.24) is 9.88 Å². The molecule has 19 heavy (non-hydrogen) atoms. The fourth-order valence-corrected chi connectivity index (χ4v) is 1.88. The van der Waals surface area contributed by atoms with Crippen LogP contribution in [0, 0.1) is 0 Å². The molecule has 0 aliphatic heterocycles. The van der Waals surface area contributed by atoms with Crippen LogP contribution in [-0.2, 0) is 6.54 Å². The van der Waals surface area contributed by atoms with Crippen molar-refractivity contribution in [3.05, 3.63) is 59.9 Å². The Morgan fingerprint density at radius 1 is 1.26 bits per heavy atom. The van der Waals surface area contributed by atoms with Crippen molar-refractivity contribution >= 4 is 5.91 Å². The monoisotopic (exact) mass is 258 g/mol. The molecule has 0 bridgehead atoms. The summed E-state index contributed by atoms with van der Waals surface area (Å²) in [6.45, 7) is 2.36. The Morgan fingerprint density at radius 2 is 2.00 bits per heavy atom. The van der Waals surface area contributed by atoms with Gasteiger partial charge in [-0.1, -0.05) is 30.3 Å². The van der Waals surface area contributed by atoms with E-state index in [1.54, 1.807) is 13.0 Å². The molecule has 0 saturated carbocycles. The van der Waals surface area contributed by atoms with Crippen molar-refractivity contribution in [1.29, 1.82) is 0 Å². The van der Waals surface area contributed by atoms with Crippen LogP contribution >= 0.6 is 0 Å². The summed E-state index contributed by atoms with van der Waals surface area (Å²) in [5.74, 6) is -0.164. The molecule has 4 nitrogen and oxygen atoms in total. The number of amides is 1. The Hall–Kier alpha value is -2.07. The molecule has 100 valence electrons. The lowest BCUT2D eigenvalue weighted by atomic mass is 10.2. The molecule has 1 heterocycles. The Labute approximate surface area is 112 Å². The zero-order chi connectivity index (χ0) is 13.7. The second-order valence-corrected chi connectivity index (χ2v) is 4.56. The van der Waals surface area contributed by atoms with Crippen LogP contribution in [0.15, 0.2) is 48.7 Å². The van der Waals surface area contributed by atoms with Crippen LogP contribution in [0.5, 0.6) is 0 Å². The Bertz CT molecular complexity index is 534. The predicted octanol–water partition coefficient (Wildman–Crippen LogP) is 1.65. The van der Waals surface area contributed by atoms with Gasteiger partial charge in [0.05, 0.1) is 6.61 Å². The number of rotatable bonds is 5. The highest BCUT2D eigenvalue weighted by atomic mass is 16.3. The summed E-state index contributed by atoms with van der Waals surface area (Å²) in [5.41, 5.74) is 1.74. The minimum atomic E-state index is -0.243. The summed E-state index contributed by atoms with van der Waals surface area (Å²) >= 11 is 0. The molecule has 4 heteroatoms. The number of aliphatic hydroxyl groups is 1. The fraction of sp³-hybridized carbons (Fsp3) is 0.267. The first-order valence-corrected chi connectivity index (χ1v) is 6.31. The highest BCUT2D eigenvalue weighted by molar-refractivity contribution is 5.92. The van der Waals surface area contributed by atoms with Crippen LogP contribution in [0.2, 0.25) is 0 Å². The SMILES string of the molecule is C[C@@H](CO)NC(=O)c1cccn1Cc1ccccc1. The first kappa shape index (κ1) is 13.4. The van der Waals surface area contributed by atoms with E-state index in [0.717, 1.165) is 5.56 Å². The molecule has 1 aromatic carbocycles. The number of hydrogen-bond donors (Lipinski definition) is 2. The molecule has 2 aromatic rings. The largest absolute Gasteiger partial charge is 0.394 e. The molecule has 0 saturated heterocycles. The van der Waals surface area contributed by atoms with Crippen molar-refractivity contribution in [2.75, 3.05) is 6.61 Å². The standard InChI is InChI=1S/C15H18N2O2/c1-12(11-18)16-15(19)14-8-5-9-17(14)10-13-6-3-2-4-7-13/h2-9,12,18H,10-11H2,1H3,(H,16,19)/t12-/m0/s1. The molecular formula is C15H18N2O2. The number of nitrogens with zero attached hydrogens (tertiary/aromatic N) is 1.